The topological polar surface area (TPSA) is 84.7 Å². The van der Waals surface area contributed by atoms with Crippen LogP contribution in [0.15, 0.2) is 18.2 Å². The molecule has 1 atom stereocenters. The zero-order valence-corrected chi connectivity index (χ0v) is 12.4. The number of methoxy groups -OCH3 is 1. The van der Waals surface area contributed by atoms with E-state index in [1.807, 2.05) is 6.92 Å². The third kappa shape index (κ3) is 3.65. The van der Waals surface area contributed by atoms with Gasteiger partial charge in [0.05, 0.1) is 12.7 Å². The SMILES string of the molecule is COc1ccc(N)c(C(=O)NC(C)CN2CCCC2=O)c1. The number of carbonyl (C=O) groups excluding carboxylic acids is 2. The summed E-state index contributed by atoms with van der Waals surface area (Å²) in [6.07, 6.45) is 1.49. The van der Waals surface area contributed by atoms with E-state index in [1.165, 1.54) is 7.11 Å². The van der Waals surface area contributed by atoms with Gasteiger partial charge in [0.2, 0.25) is 5.91 Å². The summed E-state index contributed by atoms with van der Waals surface area (Å²) in [7, 11) is 1.54. The molecule has 0 radical (unpaired) electrons. The van der Waals surface area contributed by atoms with E-state index in [9.17, 15) is 9.59 Å². The van der Waals surface area contributed by atoms with Gasteiger partial charge in [-0.25, -0.2) is 0 Å². The highest BCUT2D eigenvalue weighted by molar-refractivity contribution is 5.99. The quantitative estimate of drug-likeness (QED) is 0.793. The molecule has 2 amide bonds. The summed E-state index contributed by atoms with van der Waals surface area (Å²) in [6, 6.07) is 4.82. The number of benzene rings is 1. The number of nitrogens with two attached hydrogens (primary N) is 1. The Morgan fingerprint density at radius 2 is 2.29 bits per heavy atom. The summed E-state index contributed by atoms with van der Waals surface area (Å²) >= 11 is 0. The van der Waals surface area contributed by atoms with E-state index in [4.69, 9.17) is 10.5 Å². The van der Waals surface area contributed by atoms with Crippen LogP contribution in [0.4, 0.5) is 5.69 Å². The highest BCUT2D eigenvalue weighted by Crippen LogP contribution is 2.19. The minimum atomic E-state index is -0.259. The number of hydrogen-bond donors (Lipinski definition) is 2. The van der Waals surface area contributed by atoms with Crippen LogP contribution >= 0.6 is 0 Å². The number of rotatable bonds is 5. The molecule has 1 unspecified atom stereocenters. The smallest absolute Gasteiger partial charge is 0.253 e. The Morgan fingerprint density at radius 3 is 2.90 bits per heavy atom. The van der Waals surface area contributed by atoms with Crippen LogP contribution in [0, 0.1) is 0 Å². The number of likely N-dealkylation sites (tertiary alicyclic amines) is 1. The highest BCUT2D eigenvalue weighted by Gasteiger charge is 2.23. The van der Waals surface area contributed by atoms with Crippen molar-refractivity contribution in [1.82, 2.24) is 10.2 Å². The fraction of sp³-hybridized carbons (Fsp3) is 0.467. The summed E-state index contributed by atoms with van der Waals surface area (Å²) < 4.78 is 5.10. The molecule has 1 aliphatic heterocycles. The number of nitrogens with one attached hydrogen (secondary N) is 1. The number of anilines is 1. The number of ether oxygens (including phenoxy) is 1. The Morgan fingerprint density at radius 1 is 1.52 bits per heavy atom. The molecule has 0 saturated carbocycles. The standard InChI is InChI=1S/C15H21N3O3/c1-10(9-18-7-3-4-14(18)19)17-15(20)12-8-11(21-2)5-6-13(12)16/h5-6,8,10H,3-4,7,9,16H2,1-2H3,(H,17,20). The maximum atomic E-state index is 12.2. The number of amides is 2. The first-order valence-electron chi connectivity index (χ1n) is 7.03. The van der Waals surface area contributed by atoms with E-state index in [2.05, 4.69) is 5.32 Å². The molecule has 1 heterocycles. The van der Waals surface area contributed by atoms with Crippen molar-refractivity contribution in [3.05, 3.63) is 23.8 Å². The van der Waals surface area contributed by atoms with Gasteiger partial charge < -0.3 is 20.7 Å². The number of hydrogen-bond acceptors (Lipinski definition) is 4. The maximum absolute atomic E-state index is 12.2. The maximum Gasteiger partial charge on any atom is 0.253 e. The average molecular weight is 291 g/mol. The summed E-state index contributed by atoms with van der Waals surface area (Å²) in [5.74, 6) is 0.472. The molecule has 2 rings (SSSR count). The Bertz CT molecular complexity index is 545. The molecule has 1 aliphatic rings. The van der Waals surface area contributed by atoms with Gasteiger partial charge in [0, 0.05) is 31.2 Å². The van der Waals surface area contributed by atoms with Crippen LogP contribution < -0.4 is 15.8 Å². The lowest BCUT2D eigenvalue weighted by Gasteiger charge is -2.22. The molecule has 1 aromatic rings. The number of nitrogens with zero attached hydrogens (tertiary/aromatic N) is 1. The Hall–Kier alpha value is -2.24. The molecule has 6 heteroatoms. The Kier molecular flexibility index (Phi) is 4.67. The van der Waals surface area contributed by atoms with E-state index in [1.54, 1.807) is 23.1 Å². The predicted octanol–water partition coefficient (Wildman–Crippen LogP) is 1.02. The van der Waals surface area contributed by atoms with Crippen molar-refractivity contribution < 1.29 is 14.3 Å². The summed E-state index contributed by atoms with van der Waals surface area (Å²) in [4.78, 5) is 25.6. The second kappa shape index (κ2) is 6.47. The fourth-order valence-electron chi connectivity index (χ4n) is 2.43. The monoisotopic (exact) mass is 291 g/mol. The minimum Gasteiger partial charge on any atom is -0.497 e. The van der Waals surface area contributed by atoms with Gasteiger partial charge >= 0.3 is 0 Å². The van der Waals surface area contributed by atoms with Crippen LogP contribution in [-0.2, 0) is 4.79 Å². The van der Waals surface area contributed by atoms with Crippen LogP contribution in [0.5, 0.6) is 5.75 Å². The second-order valence-corrected chi connectivity index (χ2v) is 5.27. The van der Waals surface area contributed by atoms with Crippen LogP contribution in [0.3, 0.4) is 0 Å². The van der Waals surface area contributed by atoms with Crippen molar-refractivity contribution in [3.63, 3.8) is 0 Å². The molecule has 1 aromatic carbocycles. The molecule has 0 spiro atoms. The predicted molar refractivity (Wildman–Crippen MR) is 80.1 cm³/mol. The average Bonchev–Trinajstić information content (AvgIpc) is 2.84. The van der Waals surface area contributed by atoms with Gasteiger partial charge in [-0.05, 0) is 31.5 Å². The van der Waals surface area contributed by atoms with Gasteiger partial charge in [0.15, 0.2) is 0 Å². The van der Waals surface area contributed by atoms with Gasteiger partial charge in [0.25, 0.3) is 5.91 Å². The lowest BCUT2D eigenvalue weighted by molar-refractivity contribution is -0.127. The Labute approximate surface area is 124 Å². The Balaban J connectivity index is 1.98. The first-order valence-corrected chi connectivity index (χ1v) is 7.03. The van der Waals surface area contributed by atoms with Crippen LogP contribution in [0.1, 0.15) is 30.1 Å². The van der Waals surface area contributed by atoms with E-state index in [0.717, 1.165) is 13.0 Å². The van der Waals surface area contributed by atoms with E-state index in [-0.39, 0.29) is 17.9 Å². The van der Waals surface area contributed by atoms with Crippen molar-refractivity contribution >= 4 is 17.5 Å². The van der Waals surface area contributed by atoms with Gasteiger partial charge in [-0.1, -0.05) is 0 Å². The molecular formula is C15H21N3O3. The molecule has 0 aromatic heterocycles. The fourth-order valence-corrected chi connectivity index (χ4v) is 2.43. The third-order valence-corrected chi connectivity index (χ3v) is 3.55. The van der Waals surface area contributed by atoms with Crippen molar-refractivity contribution in [1.29, 1.82) is 0 Å². The highest BCUT2D eigenvalue weighted by atomic mass is 16.5. The van der Waals surface area contributed by atoms with E-state index in [0.29, 0.717) is 30.0 Å². The molecule has 114 valence electrons. The summed E-state index contributed by atoms with van der Waals surface area (Å²) in [6.45, 7) is 3.16. The summed E-state index contributed by atoms with van der Waals surface area (Å²) in [5, 5.41) is 2.87. The van der Waals surface area contributed by atoms with Gasteiger partial charge in [-0.3, -0.25) is 9.59 Å². The second-order valence-electron chi connectivity index (χ2n) is 5.27. The van der Waals surface area contributed by atoms with Crippen molar-refractivity contribution in [2.24, 2.45) is 0 Å². The lowest BCUT2D eigenvalue weighted by Crippen LogP contribution is -2.42. The zero-order chi connectivity index (χ0) is 15.4. The molecule has 0 bridgehead atoms. The lowest BCUT2D eigenvalue weighted by atomic mass is 10.1. The molecule has 1 saturated heterocycles. The molecule has 21 heavy (non-hydrogen) atoms. The number of carbonyl (C=O) groups is 2. The van der Waals surface area contributed by atoms with Crippen molar-refractivity contribution in [2.45, 2.75) is 25.8 Å². The van der Waals surface area contributed by atoms with Crippen molar-refractivity contribution in [2.75, 3.05) is 25.9 Å². The van der Waals surface area contributed by atoms with Gasteiger partial charge in [-0.2, -0.15) is 0 Å². The molecule has 0 aliphatic carbocycles. The van der Waals surface area contributed by atoms with Crippen LogP contribution in [0.2, 0.25) is 0 Å². The van der Waals surface area contributed by atoms with E-state index < -0.39 is 0 Å². The van der Waals surface area contributed by atoms with Crippen LogP contribution in [-0.4, -0.2) is 43.0 Å². The van der Waals surface area contributed by atoms with Gasteiger partial charge in [0.1, 0.15) is 5.75 Å². The first kappa shape index (κ1) is 15.2. The normalized spacial score (nSPS) is 15.9. The molecule has 3 N–H and O–H groups in total. The van der Waals surface area contributed by atoms with Gasteiger partial charge in [-0.15, -0.1) is 0 Å². The molecule has 6 nitrogen and oxygen atoms in total. The van der Waals surface area contributed by atoms with Crippen LogP contribution in [0.25, 0.3) is 0 Å². The van der Waals surface area contributed by atoms with E-state index >= 15 is 0 Å². The third-order valence-electron chi connectivity index (χ3n) is 3.55. The first-order chi connectivity index (χ1) is 10.0. The minimum absolute atomic E-state index is 0.134. The number of nitrogen functional groups attached to an aromatic ring is 1. The van der Waals surface area contributed by atoms with Crippen molar-refractivity contribution in [3.8, 4) is 5.75 Å². The largest absolute Gasteiger partial charge is 0.497 e. The summed E-state index contributed by atoms with van der Waals surface area (Å²) in [5.41, 5.74) is 6.61. The zero-order valence-electron chi connectivity index (χ0n) is 12.4. The molecular weight excluding hydrogens is 270 g/mol. The molecule has 1 fully saturated rings.